The van der Waals surface area contributed by atoms with Crippen molar-refractivity contribution in [2.24, 2.45) is 11.8 Å². The number of hydrogen-bond donors (Lipinski definition) is 2. The van der Waals surface area contributed by atoms with E-state index in [0.717, 1.165) is 30.9 Å². The predicted octanol–water partition coefficient (Wildman–Crippen LogP) is 1.85. The molecule has 1 aromatic carbocycles. The number of aryl methyl sites for hydroxylation is 1. The summed E-state index contributed by atoms with van der Waals surface area (Å²) in [6.45, 7) is 5.74. The zero-order valence-corrected chi connectivity index (χ0v) is 11.3. The molecule has 1 fully saturated rings. The summed E-state index contributed by atoms with van der Waals surface area (Å²) < 4.78 is 11.0. The van der Waals surface area contributed by atoms with Gasteiger partial charge in [-0.1, -0.05) is 12.1 Å². The van der Waals surface area contributed by atoms with Crippen LogP contribution in [0.15, 0.2) is 12.1 Å². The summed E-state index contributed by atoms with van der Waals surface area (Å²) in [5.41, 5.74) is 6.45. The van der Waals surface area contributed by atoms with Crippen LogP contribution in [0.25, 0.3) is 0 Å². The highest BCUT2D eigenvalue weighted by molar-refractivity contribution is 5.47. The van der Waals surface area contributed by atoms with E-state index in [0.29, 0.717) is 5.92 Å². The van der Waals surface area contributed by atoms with E-state index in [-0.39, 0.29) is 6.04 Å². The van der Waals surface area contributed by atoms with Gasteiger partial charge in [0.15, 0.2) is 0 Å². The van der Waals surface area contributed by atoms with Crippen LogP contribution in [-0.4, -0.2) is 20.3 Å². The van der Waals surface area contributed by atoms with Crippen LogP contribution in [0.3, 0.4) is 0 Å². The number of ether oxygens (including phenoxy) is 2. The van der Waals surface area contributed by atoms with Crippen LogP contribution in [0, 0.1) is 19.8 Å². The fourth-order valence-electron chi connectivity index (χ4n) is 2.62. The topological polar surface area (TPSA) is 56.5 Å². The van der Waals surface area contributed by atoms with Crippen molar-refractivity contribution >= 4 is 0 Å². The second-order valence-electron chi connectivity index (χ2n) is 4.90. The summed E-state index contributed by atoms with van der Waals surface area (Å²) >= 11 is 0. The Bertz CT molecular complexity index is 415. The zero-order valence-electron chi connectivity index (χ0n) is 11.3. The highest BCUT2D eigenvalue weighted by Gasteiger charge is 2.29. The maximum absolute atomic E-state index is 5.74. The van der Waals surface area contributed by atoms with Gasteiger partial charge in [0.05, 0.1) is 19.8 Å². The Hall–Kier alpha value is -1.10. The normalized spacial score (nSPS) is 21.0. The fraction of sp³-hybridized carbons (Fsp3) is 0.571. The second kappa shape index (κ2) is 5.69. The summed E-state index contributed by atoms with van der Waals surface area (Å²) in [7, 11) is 1.71. The summed E-state index contributed by atoms with van der Waals surface area (Å²) in [5.74, 6) is 7.08. The molecule has 1 aromatic rings. The Morgan fingerprint density at radius 2 is 2.22 bits per heavy atom. The van der Waals surface area contributed by atoms with Gasteiger partial charge in [0.1, 0.15) is 5.75 Å². The average molecular weight is 250 g/mol. The van der Waals surface area contributed by atoms with Gasteiger partial charge in [-0.2, -0.15) is 0 Å². The van der Waals surface area contributed by atoms with Crippen molar-refractivity contribution in [3.63, 3.8) is 0 Å². The van der Waals surface area contributed by atoms with Gasteiger partial charge in [-0.05, 0) is 31.4 Å². The SMILES string of the molecule is COc1c(C(NN)C2CCOC2)ccc(C)c1C. The molecule has 3 N–H and O–H groups in total. The maximum Gasteiger partial charge on any atom is 0.126 e. The number of nitrogens with two attached hydrogens (primary N) is 1. The van der Waals surface area contributed by atoms with Crippen LogP contribution in [0.2, 0.25) is 0 Å². The van der Waals surface area contributed by atoms with Crippen molar-refractivity contribution in [3.8, 4) is 5.75 Å². The minimum Gasteiger partial charge on any atom is -0.496 e. The van der Waals surface area contributed by atoms with Gasteiger partial charge in [-0.15, -0.1) is 0 Å². The van der Waals surface area contributed by atoms with E-state index in [1.54, 1.807) is 7.11 Å². The van der Waals surface area contributed by atoms with E-state index in [2.05, 4.69) is 31.4 Å². The molecular weight excluding hydrogens is 228 g/mol. The lowest BCUT2D eigenvalue weighted by Gasteiger charge is -2.25. The van der Waals surface area contributed by atoms with E-state index < -0.39 is 0 Å². The van der Waals surface area contributed by atoms with Crippen molar-refractivity contribution < 1.29 is 9.47 Å². The number of benzene rings is 1. The Morgan fingerprint density at radius 3 is 2.78 bits per heavy atom. The van der Waals surface area contributed by atoms with Crippen molar-refractivity contribution in [3.05, 3.63) is 28.8 Å². The molecule has 0 aliphatic carbocycles. The Balaban J connectivity index is 2.38. The predicted molar refractivity (Wildman–Crippen MR) is 71.5 cm³/mol. The number of hydrazine groups is 1. The quantitative estimate of drug-likeness (QED) is 0.632. The lowest BCUT2D eigenvalue weighted by atomic mass is 9.90. The largest absolute Gasteiger partial charge is 0.496 e. The Morgan fingerprint density at radius 1 is 1.44 bits per heavy atom. The molecule has 0 spiro atoms. The fourth-order valence-corrected chi connectivity index (χ4v) is 2.62. The van der Waals surface area contributed by atoms with Gasteiger partial charge in [-0.25, -0.2) is 0 Å². The molecule has 18 heavy (non-hydrogen) atoms. The molecule has 2 unspecified atom stereocenters. The Labute approximate surface area is 108 Å². The second-order valence-corrected chi connectivity index (χ2v) is 4.90. The van der Waals surface area contributed by atoms with Crippen molar-refractivity contribution in [2.45, 2.75) is 26.3 Å². The van der Waals surface area contributed by atoms with Crippen molar-refractivity contribution in [2.75, 3.05) is 20.3 Å². The molecule has 2 atom stereocenters. The van der Waals surface area contributed by atoms with Gasteiger partial charge in [-0.3, -0.25) is 11.3 Å². The van der Waals surface area contributed by atoms with Gasteiger partial charge in [0.2, 0.25) is 0 Å². The van der Waals surface area contributed by atoms with Crippen LogP contribution in [0.1, 0.15) is 29.2 Å². The third-order valence-electron chi connectivity index (χ3n) is 3.86. The highest BCUT2D eigenvalue weighted by Crippen LogP contribution is 2.36. The first-order valence-corrected chi connectivity index (χ1v) is 6.37. The van der Waals surface area contributed by atoms with Crippen LogP contribution >= 0.6 is 0 Å². The van der Waals surface area contributed by atoms with Gasteiger partial charge < -0.3 is 9.47 Å². The van der Waals surface area contributed by atoms with Crippen LogP contribution in [-0.2, 0) is 4.74 Å². The van der Waals surface area contributed by atoms with E-state index in [4.69, 9.17) is 15.3 Å². The molecule has 1 heterocycles. The van der Waals surface area contributed by atoms with E-state index >= 15 is 0 Å². The average Bonchev–Trinajstić information content (AvgIpc) is 2.89. The molecule has 0 radical (unpaired) electrons. The number of rotatable bonds is 4. The number of nitrogens with one attached hydrogen (secondary N) is 1. The molecule has 100 valence electrons. The van der Waals surface area contributed by atoms with Crippen LogP contribution < -0.4 is 16.0 Å². The minimum atomic E-state index is 0.0850. The molecule has 1 aliphatic rings. The summed E-state index contributed by atoms with van der Waals surface area (Å²) in [4.78, 5) is 0. The molecular formula is C14H22N2O2. The summed E-state index contributed by atoms with van der Waals surface area (Å²) in [6, 6.07) is 4.30. The summed E-state index contributed by atoms with van der Waals surface area (Å²) in [6.07, 6.45) is 1.03. The first-order chi connectivity index (χ1) is 8.69. The lowest BCUT2D eigenvalue weighted by Crippen LogP contribution is -2.34. The first-order valence-electron chi connectivity index (χ1n) is 6.37. The number of hydrogen-bond acceptors (Lipinski definition) is 4. The van der Waals surface area contributed by atoms with E-state index in [1.807, 2.05) is 0 Å². The van der Waals surface area contributed by atoms with Gasteiger partial charge in [0, 0.05) is 18.1 Å². The van der Waals surface area contributed by atoms with Crippen LogP contribution in [0.4, 0.5) is 0 Å². The first kappa shape index (κ1) is 13.3. The molecule has 0 amide bonds. The van der Waals surface area contributed by atoms with E-state index in [1.165, 1.54) is 11.1 Å². The molecule has 0 saturated carbocycles. The van der Waals surface area contributed by atoms with Gasteiger partial charge >= 0.3 is 0 Å². The molecule has 0 bridgehead atoms. The van der Waals surface area contributed by atoms with Crippen molar-refractivity contribution in [1.29, 1.82) is 0 Å². The van der Waals surface area contributed by atoms with Crippen molar-refractivity contribution in [1.82, 2.24) is 5.43 Å². The molecule has 4 heteroatoms. The van der Waals surface area contributed by atoms with Crippen LogP contribution in [0.5, 0.6) is 5.75 Å². The Kier molecular flexibility index (Phi) is 4.22. The third-order valence-corrected chi connectivity index (χ3v) is 3.86. The molecule has 1 aliphatic heterocycles. The standard InChI is InChI=1S/C14H22N2O2/c1-9-4-5-12(14(17-3)10(9)2)13(16-15)11-6-7-18-8-11/h4-5,11,13,16H,6-8,15H2,1-3H3. The molecule has 0 aromatic heterocycles. The molecule has 4 nitrogen and oxygen atoms in total. The maximum atomic E-state index is 5.74. The highest BCUT2D eigenvalue weighted by atomic mass is 16.5. The monoisotopic (exact) mass is 250 g/mol. The molecule has 1 saturated heterocycles. The van der Waals surface area contributed by atoms with E-state index in [9.17, 15) is 0 Å². The minimum absolute atomic E-state index is 0.0850. The van der Waals surface area contributed by atoms with Gasteiger partial charge in [0.25, 0.3) is 0 Å². The summed E-state index contributed by atoms with van der Waals surface area (Å²) in [5, 5.41) is 0. The zero-order chi connectivity index (χ0) is 13.1. The smallest absolute Gasteiger partial charge is 0.126 e. The molecule has 2 rings (SSSR count). The lowest BCUT2D eigenvalue weighted by molar-refractivity contribution is 0.176. The third kappa shape index (κ3) is 2.36. The number of methoxy groups -OCH3 is 1.